The molecule has 0 amide bonds. The highest BCUT2D eigenvalue weighted by Gasteiger charge is 2.03. The normalized spacial score (nSPS) is 10.2. The summed E-state index contributed by atoms with van der Waals surface area (Å²) in [6, 6.07) is 1.97. The van der Waals surface area contributed by atoms with Gasteiger partial charge in [-0.25, -0.2) is 0 Å². The molecule has 2 rings (SSSR count). The number of aromatic nitrogens is 2. The molecule has 0 radical (unpaired) electrons. The van der Waals surface area contributed by atoms with Crippen LogP contribution in [0.2, 0.25) is 0 Å². The summed E-state index contributed by atoms with van der Waals surface area (Å²) in [6.45, 7) is 0.515. The molecule has 0 aromatic carbocycles. The van der Waals surface area contributed by atoms with Gasteiger partial charge in [-0.2, -0.15) is 0 Å². The van der Waals surface area contributed by atoms with Gasteiger partial charge in [0.25, 0.3) is 0 Å². The second-order valence-electron chi connectivity index (χ2n) is 2.60. The van der Waals surface area contributed by atoms with Gasteiger partial charge in [0.05, 0.1) is 10.4 Å². The summed E-state index contributed by atoms with van der Waals surface area (Å²) < 4.78 is 0. The molecule has 2 aromatic rings. The molecule has 3 nitrogen and oxygen atoms in total. The van der Waals surface area contributed by atoms with Gasteiger partial charge in [0.2, 0.25) is 0 Å². The van der Waals surface area contributed by atoms with E-state index in [0.717, 1.165) is 16.0 Å². The number of hydrogen-bond acceptors (Lipinski definition) is 4. The van der Waals surface area contributed by atoms with E-state index in [1.807, 2.05) is 17.8 Å². The molecule has 0 aliphatic carbocycles. The molecule has 13 heavy (non-hydrogen) atoms. The van der Waals surface area contributed by atoms with Gasteiger partial charge in [-0.05, 0) is 11.6 Å². The maximum Gasteiger partial charge on any atom is 0.0797 e. The van der Waals surface area contributed by atoms with Crippen molar-refractivity contribution in [3.63, 3.8) is 0 Å². The van der Waals surface area contributed by atoms with Gasteiger partial charge >= 0.3 is 0 Å². The highest BCUT2D eigenvalue weighted by molar-refractivity contribution is 7.13. The van der Waals surface area contributed by atoms with Crippen LogP contribution in [0.3, 0.4) is 0 Å². The van der Waals surface area contributed by atoms with Crippen LogP contribution in [-0.4, -0.2) is 9.97 Å². The van der Waals surface area contributed by atoms with Crippen LogP contribution < -0.4 is 5.73 Å². The van der Waals surface area contributed by atoms with Crippen LogP contribution in [0.25, 0.3) is 10.4 Å². The molecule has 66 valence electrons. The zero-order chi connectivity index (χ0) is 9.10. The molecule has 2 heterocycles. The molecule has 0 saturated heterocycles. The molecule has 0 aliphatic rings. The molecular formula is C9H9N3S. The predicted octanol–water partition coefficient (Wildman–Crippen LogP) is 1.66. The fourth-order valence-electron chi connectivity index (χ4n) is 1.18. The quantitative estimate of drug-likeness (QED) is 0.785. The minimum Gasteiger partial charge on any atom is -0.326 e. The molecular weight excluding hydrogens is 182 g/mol. The van der Waals surface area contributed by atoms with Gasteiger partial charge < -0.3 is 5.73 Å². The Morgan fingerprint density at radius 3 is 2.92 bits per heavy atom. The van der Waals surface area contributed by atoms with Crippen molar-refractivity contribution < 1.29 is 0 Å². The second kappa shape index (κ2) is 3.64. The van der Waals surface area contributed by atoms with E-state index in [-0.39, 0.29) is 0 Å². The van der Waals surface area contributed by atoms with Crippen molar-refractivity contribution >= 4 is 11.3 Å². The van der Waals surface area contributed by atoms with Crippen molar-refractivity contribution in [3.05, 3.63) is 35.7 Å². The van der Waals surface area contributed by atoms with Crippen molar-refractivity contribution in [2.45, 2.75) is 6.54 Å². The minimum atomic E-state index is 0.515. The Labute approximate surface area is 80.3 Å². The maximum atomic E-state index is 5.60. The lowest BCUT2D eigenvalue weighted by Crippen LogP contribution is -1.98. The van der Waals surface area contributed by atoms with E-state index in [2.05, 4.69) is 9.97 Å². The summed E-state index contributed by atoms with van der Waals surface area (Å²) in [7, 11) is 0. The minimum absolute atomic E-state index is 0.515. The van der Waals surface area contributed by atoms with Crippen LogP contribution in [0, 0.1) is 0 Å². The molecule has 0 saturated carbocycles. The van der Waals surface area contributed by atoms with Crippen molar-refractivity contribution in [1.82, 2.24) is 9.97 Å². The van der Waals surface area contributed by atoms with Crippen LogP contribution in [0.1, 0.15) is 5.56 Å². The van der Waals surface area contributed by atoms with Crippen molar-refractivity contribution in [2.24, 2.45) is 5.73 Å². The first kappa shape index (κ1) is 8.34. The molecule has 0 atom stereocenters. The van der Waals surface area contributed by atoms with E-state index >= 15 is 0 Å². The average Bonchev–Trinajstić information content (AvgIpc) is 2.70. The molecule has 2 N–H and O–H groups in total. The summed E-state index contributed by atoms with van der Waals surface area (Å²) >= 11 is 1.61. The first-order chi connectivity index (χ1) is 6.42. The number of hydrogen-bond donors (Lipinski definition) is 1. The lowest BCUT2D eigenvalue weighted by atomic mass is 10.1. The highest BCUT2D eigenvalue weighted by Crippen LogP contribution is 2.25. The molecule has 0 aliphatic heterocycles. The number of nitrogens with zero attached hydrogens (tertiary/aromatic N) is 2. The fraction of sp³-hybridized carbons (Fsp3) is 0.111. The lowest BCUT2D eigenvalue weighted by Gasteiger charge is -2.02. The Morgan fingerprint density at radius 2 is 2.23 bits per heavy atom. The standard InChI is InChI=1S/C9H9N3S/c10-3-7-4-11-2-1-8(7)9-5-12-6-13-9/h1-2,4-6H,3,10H2. The molecule has 0 fully saturated rings. The Balaban J connectivity index is 2.51. The molecule has 0 spiro atoms. The van der Waals surface area contributed by atoms with Gasteiger partial charge in [0.1, 0.15) is 0 Å². The van der Waals surface area contributed by atoms with Crippen LogP contribution in [0.15, 0.2) is 30.2 Å². The number of pyridine rings is 1. The molecule has 0 unspecified atom stereocenters. The van der Waals surface area contributed by atoms with Gasteiger partial charge in [0.15, 0.2) is 0 Å². The average molecular weight is 191 g/mol. The largest absolute Gasteiger partial charge is 0.326 e. The van der Waals surface area contributed by atoms with Gasteiger partial charge in [-0.15, -0.1) is 11.3 Å². The lowest BCUT2D eigenvalue weighted by molar-refractivity contribution is 1.05. The van der Waals surface area contributed by atoms with Gasteiger partial charge in [-0.1, -0.05) is 0 Å². The summed E-state index contributed by atoms with van der Waals surface area (Å²) in [6.07, 6.45) is 5.42. The fourth-order valence-corrected chi connectivity index (χ4v) is 1.86. The topological polar surface area (TPSA) is 51.8 Å². The van der Waals surface area contributed by atoms with Crippen molar-refractivity contribution in [1.29, 1.82) is 0 Å². The summed E-state index contributed by atoms with van der Waals surface area (Å²) in [5.41, 5.74) is 9.62. The second-order valence-corrected chi connectivity index (χ2v) is 3.49. The molecule has 0 bridgehead atoms. The Morgan fingerprint density at radius 1 is 1.31 bits per heavy atom. The molecule has 4 heteroatoms. The third-order valence-corrected chi connectivity index (χ3v) is 2.63. The Hall–Kier alpha value is -1.26. The first-order valence-corrected chi connectivity index (χ1v) is 4.81. The van der Waals surface area contributed by atoms with Crippen LogP contribution in [0.5, 0.6) is 0 Å². The first-order valence-electron chi connectivity index (χ1n) is 3.93. The van der Waals surface area contributed by atoms with Crippen LogP contribution in [-0.2, 0) is 6.54 Å². The Kier molecular flexibility index (Phi) is 2.33. The van der Waals surface area contributed by atoms with Crippen LogP contribution >= 0.6 is 11.3 Å². The van der Waals surface area contributed by atoms with E-state index in [0.29, 0.717) is 6.54 Å². The predicted molar refractivity (Wildman–Crippen MR) is 53.2 cm³/mol. The molecule has 2 aromatic heterocycles. The van der Waals surface area contributed by atoms with E-state index in [9.17, 15) is 0 Å². The Bertz CT molecular complexity index is 384. The van der Waals surface area contributed by atoms with Gasteiger partial charge in [0, 0.05) is 30.7 Å². The van der Waals surface area contributed by atoms with E-state index < -0.39 is 0 Å². The smallest absolute Gasteiger partial charge is 0.0797 e. The summed E-state index contributed by atoms with van der Waals surface area (Å²) in [5.74, 6) is 0. The number of rotatable bonds is 2. The third kappa shape index (κ3) is 1.59. The van der Waals surface area contributed by atoms with E-state index in [1.54, 1.807) is 23.7 Å². The highest BCUT2D eigenvalue weighted by atomic mass is 32.1. The third-order valence-electron chi connectivity index (χ3n) is 1.82. The summed E-state index contributed by atoms with van der Waals surface area (Å²) in [4.78, 5) is 9.20. The monoisotopic (exact) mass is 191 g/mol. The van der Waals surface area contributed by atoms with E-state index in [1.165, 1.54) is 0 Å². The summed E-state index contributed by atoms with van der Waals surface area (Å²) in [5, 5.41) is 0. The van der Waals surface area contributed by atoms with Crippen LogP contribution in [0.4, 0.5) is 0 Å². The number of nitrogens with two attached hydrogens (primary N) is 1. The zero-order valence-corrected chi connectivity index (χ0v) is 7.79. The van der Waals surface area contributed by atoms with Crippen molar-refractivity contribution in [2.75, 3.05) is 0 Å². The van der Waals surface area contributed by atoms with Crippen molar-refractivity contribution in [3.8, 4) is 10.4 Å². The zero-order valence-electron chi connectivity index (χ0n) is 6.97. The van der Waals surface area contributed by atoms with Gasteiger partial charge in [-0.3, -0.25) is 9.97 Å². The SMILES string of the molecule is NCc1cnccc1-c1cncs1. The maximum absolute atomic E-state index is 5.60. The van der Waals surface area contributed by atoms with E-state index in [4.69, 9.17) is 5.73 Å². The number of thiazole rings is 1.